The van der Waals surface area contributed by atoms with Crippen molar-refractivity contribution in [3.05, 3.63) is 65.7 Å². The van der Waals surface area contributed by atoms with Crippen LogP contribution in [-0.2, 0) is 26.0 Å². The molecular weight excluding hydrogens is 435 g/mol. The third kappa shape index (κ3) is 4.44. The Bertz CT molecular complexity index is 1070. The highest BCUT2D eigenvalue weighted by molar-refractivity contribution is 6.10. The minimum Gasteiger partial charge on any atom is -0.368 e. The third-order valence-electron chi connectivity index (χ3n) is 6.40. The smallest absolute Gasteiger partial charge is 0.368 e. The molecule has 2 saturated heterocycles. The van der Waals surface area contributed by atoms with Gasteiger partial charge in [0.2, 0.25) is 17.7 Å². The van der Waals surface area contributed by atoms with Gasteiger partial charge in [0.15, 0.2) is 0 Å². The summed E-state index contributed by atoms with van der Waals surface area (Å²) in [5.41, 5.74) is -0.541. The largest absolute Gasteiger partial charge is 0.416 e. The van der Waals surface area contributed by atoms with Crippen molar-refractivity contribution in [1.29, 1.82) is 0 Å². The van der Waals surface area contributed by atoms with E-state index >= 15 is 0 Å². The van der Waals surface area contributed by atoms with Gasteiger partial charge in [0, 0.05) is 38.3 Å². The summed E-state index contributed by atoms with van der Waals surface area (Å²) in [4.78, 5) is 42.8. The van der Waals surface area contributed by atoms with E-state index in [0.717, 1.165) is 22.6 Å². The van der Waals surface area contributed by atoms with Crippen molar-refractivity contribution in [3.63, 3.8) is 0 Å². The number of hydrogen-bond acceptors (Lipinski definition) is 4. The van der Waals surface area contributed by atoms with Gasteiger partial charge in [0.25, 0.3) is 0 Å². The Morgan fingerprint density at radius 2 is 1.64 bits per heavy atom. The van der Waals surface area contributed by atoms with Crippen LogP contribution in [0.15, 0.2) is 54.6 Å². The molecular formula is C24H24F3N3O3. The number of halogens is 3. The number of carbonyl (C=O) groups excluding carboxylic acids is 3. The zero-order valence-corrected chi connectivity index (χ0v) is 18.1. The first-order chi connectivity index (χ1) is 15.6. The Labute approximate surface area is 189 Å². The number of likely N-dealkylation sites (tertiary alicyclic amines) is 1. The molecule has 2 fully saturated rings. The molecule has 1 unspecified atom stereocenters. The fourth-order valence-corrected chi connectivity index (χ4v) is 4.40. The minimum atomic E-state index is -4.42. The first kappa shape index (κ1) is 22.8. The van der Waals surface area contributed by atoms with Crippen LogP contribution in [0.5, 0.6) is 0 Å². The van der Waals surface area contributed by atoms with Crippen molar-refractivity contribution in [3.8, 4) is 0 Å². The number of anilines is 1. The van der Waals surface area contributed by atoms with Crippen LogP contribution in [0.3, 0.4) is 0 Å². The summed E-state index contributed by atoms with van der Waals surface area (Å²) in [5, 5.41) is 0. The minimum absolute atomic E-state index is 0.00640. The molecule has 174 valence electrons. The van der Waals surface area contributed by atoms with E-state index < -0.39 is 23.1 Å². The van der Waals surface area contributed by atoms with Crippen molar-refractivity contribution >= 4 is 23.4 Å². The first-order valence-corrected chi connectivity index (χ1v) is 10.7. The van der Waals surface area contributed by atoms with Gasteiger partial charge < -0.3 is 9.80 Å². The van der Waals surface area contributed by atoms with Crippen molar-refractivity contribution in [1.82, 2.24) is 9.80 Å². The Hall–Kier alpha value is -3.36. The molecule has 2 aromatic rings. The summed E-state index contributed by atoms with van der Waals surface area (Å²) in [6.45, 7) is 2.68. The lowest BCUT2D eigenvalue weighted by Crippen LogP contribution is -2.52. The highest BCUT2D eigenvalue weighted by atomic mass is 19.4. The second kappa shape index (κ2) is 8.53. The van der Waals surface area contributed by atoms with Gasteiger partial charge in [0.1, 0.15) is 6.54 Å². The Kier molecular flexibility index (Phi) is 5.90. The van der Waals surface area contributed by atoms with Gasteiger partial charge in [0.05, 0.1) is 11.0 Å². The van der Waals surface area contributed by atoms with Crippen molar-refractivity contribution in [2.75, 3.05) is 37.6 Å². The molecule has 2 heterocycles. The van der Waals surface area contributed by atoms with E-state index in [1.807, 2.05) is 6.07 Å². The molecule has 0 bridgehead atoms. The second-order valence-corrected chi connectivity index (χ2v) is 8.58. The molecule has 0 saturated carbocycles. The van der Waals surface area contributed by atoms with Crippen LogP contribution in [0.25, 0.3) is 0 Å². The first-order valence-electron chi connectivity index (χ1n) is 10.7. The maximum Gasteiger partial charge on any atom is 0.416 e. The zero-order valence-electron chi connectivity index (χ0n) is 18.1. The number of imide groups is 1. The molecule has 0 radical (unpaired) electrons. The van der Waals surface area contributed by atoms with E-state index in [1.165, 1.54) is 6.07 Å². The zero-order chi connectivity index (χ0) is 23.8. The Morgan fingerprint density at radius 3 is 2.27 bits per heavy atom. The topological polar surface area (TPSA) is 60.9 Å². The average Bonchev–Trinajstić information content (AvgIpc) is 3.03. The lowest BCUT2D eigenvalue weighted by Gasteiger charge is -2.37. The predicted molar refractivity (Wildman–Crippen MR) is 115 cm³/mol. The molecule has 3 amide bonds. The van der Waals surface area contributed by atoms with Gasteiger partial charge in [-0.1, -0.05) is 36.4 Å². The summed E-state index contributed by atoms with van der Waals surface area (Å²) >= 11 is 0. The lowest BCUT2D eigenvalue weighted by atomic mass is 9.81. The van der Waals surface area contributed by atoms with Crippen LogP contribution in [-0.4, -0.2) is 60.2 Å². The van der Waals surface area contributed by atoms with Gasteiger partial charge >= 0.3 is 6.18 Å². The number of rotatable bonds is 4. The van der Waals surface area contributed by atoms with Crippen LogP contribution in [0.1, 0.15) is 24.5 Å². The number of benzene rings is 2. The molecule has 2 aliphatic heterocycles. The molecule has 6 nitrogen and oxygen atoms in total. The summed E-state index contributed by atoms with van der Waals surface area (Å²) in [6, 6.07) is 14.1. The molecule has 0 N–H and O–H groups in total. The predicted octanol–water partition coefficient (Wildman–Crippen LogP) is 3.07. The highest BCUT2D eigenvalue weighted by Gasteiger charge is 2.50. The molecule has 2 aromatic carbocycles. The number of hydrogen-bond donors (Lipinski definition) is 0. The standard InChI is InChI=1S/C24H24F3N3O3/c1-23(17-6-3-2-4-7-17)15-20(31)30(22(23)33)16-21(32)29-12-10-28(11-13-29)19-9-5-8-18(14-19)24(25,26)27/h2-9,14H,10-13,15-16H2,1H3. The highest BCUT2D eigenvalue weighted by Crippen LogP contribution is 2.36. The van der Waals surface area contributed by atoms with Gasteiger partial charge in [-0.3, -0.25) is 19.3 Å². The van der Waals surface area contributed by atoms with Gasteiger partial charge in [-0.25, -0.2) is 0 Å². The van der Waals surface area contributed by atoms with Crippen LogP contribution < -0.4 is 4.90 Å². The number of carbonyl (C=O) groups is 3. The van der Waals surface area contributed by atoms with Crippen LogP contribution in [0.4, 0.5) is 18.9 Å². The number of piperazine rings is 1. The van der Waals surface area contributed by atoms with E-state index in [1.54, 1.807) is 47.1 Å². The second-order valence-electron chi connectivity index (χ2n) is 8.58. The summed E-state index contributed by atoms with van der Waals surface area (Å²) in [5.74, 6) is -1.13. The monoisotopic (exact) mass is 459 g/mol. The Morgan fingerprint density at radius 1 is 0.970 bits per heavy atom. The van der Waals surface area contributed by atoms with Gasteiger partial charge in [-0.15, -0.1) is 0 Å². The van der Waals surface area contributed by atoms with Crippen LogP contribution in [0, 0.1) is 0 Å². The summed E-state index contributed by atoms with van der Waals surface area (Å²) in [7, 11) is 0. The SMILES string of the molecule is CC1(c2ccccc2)CC(=O)N(CC(=O)N2CCN(c3cccc(C(F)(F)F)c3)CC2)C1=O. The van der Waals surface area contributed by atoms with E-state index in [9.17, 15) is 27.6 Å². The molecule has 33 heavy (non-hydrogen) atoms. The molecule has 2 aliphatic rings. The summed E-state index contributed by atoms with van der Waals surface area (Å²) < 4.78 is 39.0. The van der Waals surface area contributed by atoms with Crippen molar-refractivity contribution in [2.45, 2.75) is 24.9 Å². The van der Waals surface area contributed by atoms with E-state index in [0.29, 0.717) is 31.9 Å². The van der Waals surface area contributed by atoms with E-state index in [4.69, 9.17) is 0 Å². The molecule has 0 aromatic heterocycles. The maximum atomic E-state index is 13.0. The molecule has 4 rings (SSSR count). The molecule has 1 atom stereocenters. The molecule has 0 spiro atoms. The maximum absolute atomic E-state index is 13.0. The number of amides is 3. The fraction of sp³-hybridized carbons (Fsp3) is 0.375. The number of nitrogens with zero attached hydrogens (tertiary/aromatic N) is 3. The lowest BCUT2D eigenvalue weighted by molar-refractivity contribution is -0.146. The van der Waals surface area contributed by atoms with Crippen molar-refractivity contribution in [2.24, 2.45) is 0 Å². The molecule has 9 heteroatoms. The quantitative estimate of drug-likeness (QED) is 0.660. The van der Waals surface area contributed by atoms with Gasteiger partial charge in [-0.2, -0.15) is 13.2 Å². The number of alkyl halides is 3. The summed E-state index contributed by atoms with van der Waals surface area (Å²) in [6.07, 6.45) is -4.41. The fourth-order valence-electron chi connectivity index (χ4n) is 4.40. The van der Waals surface area contributed by atoms with Crippen molar-refractivity contribution < 1.29 is 27.6 Å². The van der Waals surface area contributed by atoms with Gasteiger partial charge in [-0.05, 0) is 30.7 Å². The van der Waals surface area contributed by atoms with Crippen LogP contribution in [0.2, 0.25) is 0 Å². The normalized spacial score (nSPS) is 21.6. The van der Waals surface area contributed by atoms with E-state index in [-0.39, 0.29) is 24.8 Å². The Balaban J connectivity index is 1.38. The van der Waals surface area contributed by atoms with Crippen LogP contribution >= 0.6 is 0 Å². The third-order valence-corrected chi connectivity index (χ3v) is 6.40. The molecule has 0 aliphatic carbocycles. The average molecular weight is 459 g/mol. The van der Waals surface area contributed by atoms with E-state index in [2.05, 4.69) is 0 Å².